The summed E-state index contributed by atoms with van der Waals surface area (Å²) in [4.78, 5) is 5.05. The molecule has 2 aromatic rings. The van der Waals surface area contributed by atoms with Gasteiger partial charge in [0.25, 0.3) is 0 Å². The Kier molecular flexibility index (Phi) is 4.35. The molecule has 5 heteroatoms. The van der Waals surface area contributed by atoms with Crippen molar-refractivity contribution in [3.63, 3.8) is 0 Å². The predicted octanol–water partition coefficient (Wildman–Crippen LogP) is 4.76. The molecule has 2 fully saturated rings. The van der Waals surface area contributed by atoms with E-state index in [4.69, 9.17) is 4.74 Å². The molecule has 1 aliphatic heterocycles. The van der Waals surface area contributed by atoms with E-state index in [0.717, 1.165) is 25.1 Å². The van der Waals surface area contributed by atoms with Crippen LogP contribution in [0.1, 0.15) is 40.0 Å². The fourth-order valence-corrected chi connectivity index (χ4v) is 7.03. The summed E-state index contributed by atoms with van der Waals surface area (Å²) in [5.74, 6) is 5.37. The van der Waals surface area contributed by atoms with Gasteiger partial charge in [-0.25, -0.2) is 13.5 Å². The Balaban J connectivity index is 1.56. The first-order valence-corrected chi connectivity index (χ1v) is 11.2. The van der Waals surface area contributed by atoms with Gasteiger partial charge in [-0.05, 0) is 54.2 Å². The second-order valence-corrected chi connectivity index (χ2v) is 11.4. The summed E-state index contributed by atoms with van der Waals surface area (Å²) in [5.41, 5.74) is 0.504. The van der Waals surface area contributed by atoms with Crippen molar-refractivity contribution in [3.8, 4) is 11.6 Å². The summed E-state index contributed by atoms with van der Waals surface area (Å²) < 4.78 is 21.6. The van der Waals surface area contributed by atoms with Gasteiger partial charge in [-0.15, -0.1) is 0 Å². The molecule has 0 amide bonds. The van der Waals surface area contributed by atoms with Gasteiger partial charge < -0.3 is 4.74 Å². The van der Waals surface area contributed by atoms with Gasteiger partial charge in [0.15, 0.2) is 0 Å². The fraction of sp³-hybridized carbons (Fsp3) is 0.455. The highest BCUT2D eigenvalue weighted by Gasteiger charge is 2.51. The zero-order chi connectivity index (χ0) is 19.3. The molecule has 0 radical (unpaired) electrons. The molecule has 4 nitrogen and oxygen atoms in total. The molecule has 2 aliphatic rings. The molecule has 144 valence electrons. The molecule has 1 aromatic carbocycles. The molecule has 27 heavy (non-hydrogen) atoms. The van der Waals surface area contributed by atoms with Gasteiger partial charge in [-0.1, -0.05) is 39.0 Å². The van der Waals surface area contributed by atoms with Crippen molar-refractivity contribution in [3.05, 3.63) is 48.7 Å². The highest BCUT2D eigenvalue weighted by molar-refractivity contribution is 7.98. The first kappa shape index (κ1) is 18.5. The maximum absolute atomic E-state index is 13.7. The number of pyridine rings is 1. The van der Waals surface area contributed by atoms with Crippen molar-refractivity contribution in [2.24, 2.45) is 10.8 Å². The summed E-state index contributed by atoms with van der Waals surface area (Å²) in [7, 11) is -2.56. The Morgan fingerprint density at radius 1 is 1.15 bits per heavy atom. The third-order valence-electron chi connectivity index (χ3n) is 5.79. The van der Waals surface area contributed by atoms with Crippen molar-refractivity contribution in [1.82, 2.24) is 9.29 Å². The highest BCUT2D eigenvalue weighted by Crippen LogP contribution is 2.53. The second-order valence-electron chi connectivity index (χ2n) is 9.18. The highest BCUT2D eigenvalue weighted by atomic mass is 32.2. The van der Waals surface area contributed by atoms with Gasteiger partial charge in [0, 0.05) is 24.8 Å². The minimum atomic E-state index is -2.56. The van der Waals surface area contributed by atoms with Crippen LogP contribution in [0, 0.1) is 10.8 Å². The van der Waals surface area contributed by atoms with E-state index in [0.29, 0.717) is 16.8 Å². The molecule has 1 aromatic heterocycles. The van der Waals surface area contributed by atoms with Gasteiger partial charge in [-0.2, -0.15) is 0 Å². The molecule has 1 saturated carbocycles. The first-order chi connectivity index (χ1) is 12.7. The third-order valence-corrected chi connectivity index (χ3v) is 7.95. The Bertz CT molecular complexity index is 923. The molecule has 3 unspecified atom stereocenters. The lowest BCUT2D eigenvalue weighted by Gasteiger charge is -2.39. The topological polar surface area (TPSA) is 42.4 Å². The fourth-order valence-electron chi connectivity index (χ4n) is 5.11. The van der Waals surface area contributed by atoms with Crippen molar-refractivity contribution < 1.29 is 8.95 Å². The average Bonchev–Trinajstić information content (AvgIpc) is 2.86. The molecule has 1 saturated heterocycles. The van der Waals surface area contributed by atoms with Crippen LogP contribution < -0.4 is 4.74 Å². The number of aromatic nitrogens is 1. The zero-order valence-electron chi connectivity index (χ0n) is 16.4. The SMILES string of the molecule is C=S(=O)(c1ccc(Oc2ccccc2)nc1)N1CC2(C)CC1CC(C)(C)C2. The molecule has 2 heterocycles. The third kappa shape index (κ3) is 3.63. The monoisotopic (exact) mass is 384 g/mol. The number of hydrogen-bond acceptors (Lipinski definition) is 3. The number of ether oxygens (including phenoxy) is 1. The largest absolute Gasteiger partial charge is 0.439 e. The van der Waals surface area contributed by atoms with Crippen LogP contribution in [0.25, 0.3) is 0 Å². The first-order valence-electron chi connectivity index (χ1n) is 9.50. The summed E-state index contributed by atoms with van der Waals surface area (Å²) in [6, 6.07) is 13.5. The molecular weight excluding hydrogens is 356 g/mol. The van der Waals surface area contributed by atoms with Crippen LogP contribution in [0.3, 0.4) is 0 Å². The number of para-hydroxylation sites is 1. The Hall–Kier alpha value is -1.85. The normalized spacial score (nSPS) is 29.2. The number of nitrogens with zero attached hydrogens (tertiary/aromatic N) is 2. The van der Waals surface area contributed by atoms with E-state index < -0.39 is 9.71 Å². The van der Waals surface area contributed by atoms with Crippen molar-refractivity contribution in [2.45, 2.75) is 51.0 Å². The molecule has 0 spiro atoms. The van der Waals surface area contributed by atoms with Crippen LogP contribution in [0.2, 0.25) is 0 Å². The molecule has 2 bridgehead atoms. The predicted molar refractivity (Wildman–Crippen MR) is 111 cm³/mol. The Labute approximate surface area is 162 Å². The van der Waals surface area contributed by atoms with Gasteiger partial charge in [0.1, 0.15) is 5.75 Å². The van der Waals surface area contributed by atoms with E-state index >= 15 is 0 Å². The molecule has 3 atom stereocenters. The van der Waals surface area contributed by atoms with E-state index in [-0.39, 0.29) is 10.8 Å². The quantitative estimate of drug-likeness (QED) is 0.714. The van der Waals surface area contributed by atoms with E-state index in [9.17, 15) is 4.21 Å². The molecule has 1 aliphatic carbocycles. The summed E-state index contributed by atoms with van der Waals surface area (Å²) in [6.07, 6.45) is 5.00. The van der Waals surface area contributed by atoms with E-state index in [1.807, 2.05) is 36.4 Å². The Morgan fingerprint density at radius 3 is 2.56 bits per heavy atom. The van der Waals surface area contributed by atoms with E-state index in [1.165, 1.54) is 6.42 Å². The van der Waals surface area contributed by atoms with Gasteiger partial charge in [-0.3, -0.25) is 0 Å². The number of rotatable bonds is 4. The van der Waals surface area contributed by atoms with Crippen molar-refractivity contribution in [1.29, 1.82) is 0 Å². The van der Waals surface area contributed by atoms with E-state index in [1.54, 1.807) is 12.3 Å². The lowest BCUT2D eigenvalue weighted by atomic mass is 9.65. The van der Waals surface area contributed by atoms with Crippen LogP contribution in [0.5, 0.6) is 11.6 Å². The van der Waals surface area contributed by atoms with Crippen LogP contribution >= 0.6 is 0 Å². The number of benzene rings is 1. The molecule has 4 rings (SSSR count). The minimum Gasteiger partial charge on any atom is -0.439 e. The molecular formula is C22H28N2O2S. The standard InChI is InChI=1S/C22H28N2O2S/c1-21(2)12-17-13-22(3,15-21)16-24(17)27(4,25)19-10-11-20(23-14-19)26-18-8-6-5-7-9-18/h5-11,14,17H,4,12-13,15-16H2,1-3H3. The van der Waals surface area contributed by atoms with Crippen LogP contribution in [-0.4, -0.2) is 32.0 Å². The van der Waals surface area contributed by atoms with Crippen LogP contribution in [0.4, 0.5) is 0 Å². The van der Waals surface area contributed by atoms with Gasteiger partial charge in [0.2, 0.25) is 5.88 Å². The number of hydrogen-bond donors (Lipinski definition) is 0. The summed E-state index contributed by atoms with van der Waals surface area (Å²) >= 11 is 0. The lowest BCUT2D eigenvalue weighted by Crippen LogP contribution is -2.37. The number of fused-ring (bicyclic) bond motifs is 2. The summed E-state index contributed by atoms with van der Waals surface area (Å²) in [6.45, 7) is 7.81. The van der Waals surface area contributed by atoms with Gasteiger partial charge in [0.05, 0.1) is 14.6 Å². The molecule has 0 N–H and O–H groups in total. The minimum absolute atomic E-state index is 0.219. The van der Waals surface area contributed by atoms with Crippen molar-refractivity contribution >= 4 is 15.6 Å². The Morgan fingerprint density at radius 2 is 1.89 bits per heavy atom. The summed E-state index contributed by atoms with van der Waals surface area (Å²) in [5, 5.41) is 0. The zero-order valence-corrected chi connectivity index (χ0v) is 17.2. The van der Waals surface area contributed by atoms with E-state index in [2.05, 4.69) is 35.9 Å². The second kappa shape index (κ2) is 6.35. The van der Waals surface area contributed by atoms with Crippen LogP contribution in [0.15, 0.2) is 53.6 Å². The maximum Gasteiger partial charge on any atom is 0.219 e. The van der Waals surface area contributed by atoms with Gasteiger partial charge >= 0.3 is 0 Å². The van der Waals surface area contributed by atoms with Crippen LogP contribution in [-0.2, 0) is 9.71 Å². The maximum atomic E-state index is 13.7. The average molecular weight is 385 g/mol. The lowest BCUT2D eigenvalue weighted by molar-refractivity contribution is 0.133. The van der Waals surface area contributed by atoms with Crippen molar-refractivity contribution in [2.75, 3.05) is 6.54 Å². The smallest absolute Gasteiger partial charge is 0.219 e.